The molecule has 2 aliphatic carbocycles. The van der Waals surface area contributed by atoms with Crippen molar-refractivity contribution in [2.75, 3.05) is 6.54 Å². The van der Waals surface area contributed by atoms with Gasteiger partial charge in [0.1, 0.15) is 5.78 Å². The molecule has 0 bridgehead atoms. The number of hydrogen-bond donors (Lipinski definition) is 1. The van der Waals surface area contributed by atoms with Gasteiger partial charge in [0.2, 0.25) is 0 Å². The summed E-state index contributed by atoms with van der Waals surface area (Å²) >= 11 is 0. The van der Waals surface area contributed by atoms with Crippen LogP contribution in [0.2, 0.25) is 0 Å². The Morgan fingerprint density at radius 1 is 1.36 bits per heavy atom. The predicted octanol–water partition coefficient (Wildman–Crippen LogP) is 2.26. The third-order valence-electron chi connectivity index (χ3n) is 3.95. The van der Waals surface area contributed by atoms with Crippen LogP contribution < -0.4 is 5.73 Å². The van der Waals surface area contributed by atoms with Crippen molar-refractivity contribution < 1.29 is 4.79 Å². The maximum Gasteiger partial charge on any atom is 0.133 e. The first-order valence-electron chi connectivity index (χ1n) is 5.96. The van der Waals surface area contributed by atoms with Crippen molar-refractivity contribution in [1.29, 1.82) is 0 Å². The van der Waals surface area contributed by atoms with E-state index in [1.807, 2.05) is 0 Å². The third kappa shape index (κ3) is 2.35. The number of hydrogen-bond acceptors (Lipinski definition) is 2. The molecule has 2 fully saturated rings. The number of ketones is 1. The molecule has 0 aromatic heterocycles. The van der Waals surface area contributed by atoms with E-state index in [2.05, 4.69) is 0 Å². The maximum atomic E-state index is 11.7. The van der Waals surface area contributed by atoms with Gasteiger partial charge in [0, 0.05) is 12.8 Å². The minimum absolute atomic E-state index is 0.223. The van der Waals surface area contributed by atoms with E-state index in [4.69, 9.17) is 5.73 Å². The van der Waals surface area contributed by atoms with Gasteiger partial charge in [-0.25, -0.2) is 0 Å². The first-order chi connectivity index (χ1) is 6.74. The van der Waals surface area contributed by atoms with Gasteiger partial charge in [-0.2, -0.15) is 0 Å². The molecule has 0 aromatic rings. The Morgan fingerprint density at radius 3 is 2.50 bits per heavy atom. The van der Waals surface area contributed by atoms with Crippen molar-refractivity contribution in [2.45, 2.75) is 51.4 Å². The Morgan fingerprint density at radius 2 is 2.07 bits per heavy atom. The van der Waals surface area contributed by atoms with Crippen LogP contribution in [0, 0.1) is 11.3 Å². The molecule has 0 atom stereocenters. The Balaban J connectivity index is 1.69. The van der Waals surface area contributed by atoms with Gasteiger partial charge in [0.15, 0.2) is 0 Å². The zero-order valence-corrected chi connectivity index (χ0v) is 8.93. The fourth-order valence-electron chi connectivity index (χ4n) is 2.41. The molecule has 0 radical (unpaired) electrons. The highest BCUT2D eigenvalue weighted by Gasteiger charge is 2.37. The molecule has 2 saturated carbocycles. The van der Waals surface area contributed by atoms with Gasteiger partial charge in [-0.05, 0) is 37.1 Å². The van der Waals surface area contributed by atoms with E-state index >= 15 is 0 Å². The highest BCUT2D eigenvalue weighted by atomic mass is 16.1. The number of carbonyl (C=O) groups excluding carboxylic acids is 1. The first kappa shape index (κ1) is 10.2. The van der Waals surface area contributed by atoms with Crippen LogP contribution >= 0.6 is 0 Å². The minimum Gasteiger partial charge on any atom is -0.330 e. The molecule has 0 aliphatic heterocycles. The second-order valence-electron chi connectivity index (χ2n) is 5.26. The van der Waals surface area contributed by atoms with Crippen LogP contribution in [0.5, 0.6) is 0 Å². The van der Waals surface area contributed by atoms with E-state index in [9.17, 15) is 4.79 Å². The largest absolute Gasteiger partial charge is 0.330 e. The zero-order chi connectivity index (χ0) is 10.0. The molecule has 2 aliphatic rings. The summed E-state index contributed by atoms with van der Waals surface area (Å²) in [5.41, 5.74) is 5.96. The molecule has 0 spiro atoms. The Bertz CT molecular complexity index is 211. The Hall–Kier alpha value is -0.370. The van der Waals surface area contributed by atoms with Crippen molar-refractivity contribution in [1.82, 2.24) is 0 Å². The summed E-state index contributed by atoms with van der Waals surface area (Å²) in [5, 5.41) is 0. The lowest BCUT2D eigenvalue weighted by Gasteiger charge is -2.40. The van der Waals surface area contributed by atoms with Crippen LogP contribution in [0.25, 0.3) is 0 Å². The topological polar surface area (TPSA) is 43.1 Å². The molecule has 2 rings (SSSR count). The average molecular weight is 195 g/mol. The van der Waals surface area contributed by atoms with E-state index in [1.165, 1.54) is 32.1 Å². The molecule has 2 N–H and O–H groups in total. The third-order valence-corrected chi connectivity index (χ3v) is 3.95. The number of carbonyl (C=O) groups is 1. The maximum absolute atomic E-state index is 11.7. The molecular formula is C12H21NO. The predicted molar refractivity (Wildman–Crippen MR) is 56.9 cm³/mol. The van der Waals surface area contributed by atoms with E-state index in [-0.39, 0.29) is 5.41 Å². The van der Waals surface area contributed by atoms with Crippen LogP contribution in [-0.2, 0) is 4.79 Å². The van der Waals surface area contributed by atoms with Crippen LogP contribution in [-0.4, -0.2) is 12.3 Å². The van der Waals surface area contributed by atoms with E-state index in [1.54, 1.807) is 0 Å². The van der Waals surface area contributed by atoms with Crippen molar-refractivity contribution in [2.24, 2.45) is 17.1 Å². The molecule has 2 nitrogen and oxygen atoms in total. The first-order valence-corrected chi connectivity index (χ1v) is 5.96. The summed E-state index contributed by atoms with van der Waals surface area (Å²) in [7, 11) is 0. The lowest BCUT2D eigenvalue weighted by Crippen LogP contribution is -2.39. The molecule has 14 heavy (non-hydrogen) atoms. The van der Waals surface area contributed by atoms with E-state index in [0.717, 1.165) is 25.2 Å². The van der Waals surface area contributed by atoms with Gasteiger partial charge in [0.05, 0.1) is 0 Å². The smallest absolute Gasteiger partial charge is 0.133 e. The quantitative estimate of drug-likeness (QED) is 0.706. The molecular weight excluding hydrogens is 174 g/mol. The van der Waals surface area contributed by atoms with Gasteiger partial charge in [0.25, 0.3) is 0 Å². The number of nitrogens with two attached hydrogens (primary N) is 1. The summed E-state index contributed by atoms with van der Waals surface area (Å²) in [4.78, 5) is 11.7. The van der Waals surface area contributed by atoms with Crippen molar-refractivity contribution in [3.8, 4) is 0 Å². The molecule has 80 valence electrons. The fraction of sp³-hybridized carbons (Fsp3) is 0.917. The molecule has 0 heterocycles. The molecule has 2 heteroatoms. The average Bonchev–Trinajstić information content (AvgIpc) is 2.91. The van der Waals surface area contributed by atoms with Crippen molar-refractivity contribution in [3.05, 3.63) is 0 Å². The lowest BCUT2D eigenvalue weighted by molar-refractivity contribution is -0.122. The van der Waals surface area contributed by atoms with Gasteiger partial charge >= 0.3 is 0 Å². The van der Waals surface area contributed by atoms with Gasteiger partial charge in [-0.1, -0.05) is 19.3 Å². The van der Waals surface area contributed by atoms with Crippen molar-refractivity contribution >= 4 is 5.78 Å². The SMILES string of the molecule is NCC1(CC(=O)CCC2CC2)CCC1. The highest BCUT2D eigenvalue weighted by molar-refractivity contribution is 5.79. The monoisotopic (exact) mass is 195 g/mol. The second-order valence-corrected chi connectivity index (χ2v) is 5.26. The molecule has 0 saturated heterocycles. The standard InChI is InChI=1S/C12H21NO/c13-9-12(6-1-7-12)8-11(14)5-4-10-2-3-10/h10H,1-9,13H2. The fourth-order valence-corrected chi connectivity index (χ4v) is 2.41. The minimum atomic E-state index is 0.223. The van der Waals surface area contributed by atoms with Crippen LogP contribution in [0.4, 0.5) is 0 Å². The van der Waals surface area contributed by atoms with Gasteiger partial charge < -0.3 is 5.73 Å². The normalized spacial score (nSPS) is 24.4. The zero-order valence-electron chi connectivity index (χ0n) is 8.93. The van der Waals surface area contributed by atoms with Gasteiger partial charge in [-0.3, -0.25) is 4.79 Å². The summed E-state index contributed by atoms with van der Waals surface area (Å²) in [6, 6.07) is 0. The van der Waals surface area contributed by atoms with Gasteiger partial charge in [-0.15, -0.1) is 0 Å². The van der Waals surface area contributed by atoms with E-state index < -0.39 is 0 Å². The Labute approximate surface area is 86.2 Å². The summed E-state index contributed by atoms with van der Waals surface area (Å²) in [6.07, 6.45) is 9.05. The summed E-state index contributed by atoms with van der Waals surface area (Å²) in [6.45, 7) is 0.710. The van der Waals surface area contributed by atoms with Crippen LogP contribution in [0.15, 0.2) is 0 Å². The number of rotatable bonds is 6. The van der Waals surface area contributed by atoms with Crippen molar-refractivity contribution in [3.63, 3.8) is 0 Å². The van der Waals surface area contributed by atoms with E-state index in [0.29, 0.717) is 12.3 Å². The Kier molecular flexibility index (Phi) is 2.91. The lowest BCUT2D eigenvalue weighted by atomic mass is 9.65. The summed E-state index contributed by atoms with van der Waals surface area (Å²) in [5.74, 6) is 1.34. The number of Topliss-reactive ketones (excluding diaryl/α,β-unsaturated/α-hetero) is 1. The highest BCUT2D eigenvalue weighted by Crippen LogP contribution is 2.43. The van der Waals surface area contributed by atoms with Crippen LogP contribution in [0.3, 0.4) is 0 Å². The summed E-state index contributed by atoms with van der Waals surface area (Å²) < 4.78 is 0. The molecule has 0 unspecified atom stereocenters. The van der Waals surface area contributed by atoms with Crippen LogP contribution in [0.1, 0.15) is 51.4 Å². The molecule has 0 aromatic carbocycles. The second kappa shape index (κ2) is 4.01. The molecule has 0 amide bonds.